The first-order valence-corrected chi connectivity index (χ1v) is 7.76. The molecule has 24 heavy (non-hydrogen) atoms. The molecule has 1 fully saturated rings. The maximum Gasteiger partial charge on any atom is 0.288 e. The number of nitrogens with one attached hydrogen (secondary N) is 2. The van der Waals surface area contributed by atoms with Gasteiger partial charge in [-0.2, -0.15) is 0 Å². The molecule has 0 aliphatic carbocycles. The van der Waals surface area contributed by atoms with Crippen LogP contribution in [0.5, 0.6) is 0 Å². The number of hydrogen-bond donors (Lipinski definition) is 2. The Balaban J connectivity index is 1.54. The minimum Gasteiger partial charge on any atom is -0.355 e. The van der Waals surface area contributed by atoms with Crippen LogP contribution in [0.1, 0.15) is 23.3 Å². The zero-order valence-electron chi connectivity index (χ0n) is 13.1. The van der Waals surface area contributed by atoms with Crippen molar-refractivity contribution in [3.05, 3.63) is 48.7 Å². The topological polar surface area (TPSA) is 100 Å². The van der Waals surface area contributed by atoms with Crippen LogP contribution >= 0.6 is 0 Å². The first kappa shape index (κ1) is 15.9. The van der Waals surface area contributed by atoms with Crippen LogP contribution in [-0.2, 0) is 4.79 Å². The highest BCUT2D eigenvalue weighted by molar-refractivity contribution is 5.93. The predicted octanol–water partition coefficient (Wildman–Crippen LogP) is 0.549. The fourth-order valence-corrected chi connectivity index (χ4v) is 2.64. The van der Waals surface area contributed by atoms with Crippen molar-refractivity contribution >= 4 is 17.6 Å². The molecule has 2 aromatic rings. The van der Waals surface area contributed by atoms with Gasteiger partial charge in [-0.3, -0.25) is 30.4 Å². The number of aromatic nitrogens is 3. The number of nitrogens with zero attached hydrogens (tertiary/aromatic N) is 4. The van der Waals surface area contributed by atoms with Crippen molar-refractivity contribution < 1.29 is 9.59 Å². The number of carbonyl (C=O) groups is 2. The molecule has 0 spiro atoms. The van der Waals surface area contributed by atoms with Crippen LogP contribution in [0, 0.1) is 5.92 Å². The fourth-order valence-electron chi connectivity index (χ4n) is 2.64. The largest absolute Gasteiger partial charge is 0.355 e. The van der Waals surface area contributed by atoms with Gasteiger partial charge in [0.2, 0.25) is 5.91 Å². The number of rotatable bonds is 3. The van der Waals surface area contributed by atoms with Gasteiger partial charge in [-0.05, 0) is 25.0 Å². The number of hydrazine groups is 1. The van der Waals surface area contributed by atoms with Gasteiger partial charge in [-0.25, -0.2) is 4.98 Å². The van der Waals surface area contributed by atoms with Gasteiger partial charge in [0.1, 0.15) is 11.5 Å². The lowest BCUT2D eigenvalue weighted by molar-refractivity contribution is -0.126. The maximum atomic E-state index is 12.3. The fraction of sp³-hybridized carbons (Fsp3) is 0.312. The van der Waals surface area contributed by atoms with Crippen LogP contribution in [0.4, 0.5) is 5.82 Å². The van der Waals surface area contributed by atoms with E-state index in [9.17, 15) is 9.59 Å². The maximum absolute atomic E-state index is 12.3. The number of piperidine rings is 1. The van der Waals surface area contributed by atoms with Gasteiger partial charge in [0, 0.05) is 31.7 Å². The summed E-state index contributed by atoms with van der Waals surface area (Å²) in [4.78, 5) is 38.5. The summed E-state index contributed by atoms with van der Waals surface area (Å²) in [5, 5.41) is 0. The van der Waals surface area contributed by atoms with Gasteiger partial charge in [-0.15, -0.1) is 0 Å². The second-order valence-electron chi connectivity index (χ2n) is 5.51. The number of hydrogen-bond acceptors (Lipinski definition) is 6. The summed E-state index contributed by atoms with van der Waals surface area (Å²) in [6.45, 7) is 1.38. The van der Waals surface area contributed by atoms with Crippen molar-refractivity contribution in [3.8, 4) is 0 Å². The van der Waals surface area contributed by atoms with E-state index in [0.717, 1.165) is 25.2 Å². The van der Waals surface area contributed by atoms with Crippen molar-refractivity contribution in [3.63, 3.8) is 0 Å². The third-order valence-corrected chi connectivity index (χ3v) is 3.86. The molecule has 1 atom stereocenters. The van der Waals surface area contributed by atoms with Gasteiger partial charge in [-0.1, -0.05) is 6.07 Å². The smallest absolute Gasteiger partial charge is 0.288 e. The molecular weight excluding hydrogens is 308 g/mol. The lowest BCUT2D eigenvalue weighted by Crippen LogP contribution is -2.49. The summed E-state index contributed by atoms with van der Waals surface area (Å²) in [6.07, 6.45) is 8.10. The van der Waals surface area contributed by atoms with E-state index in [0.29, 0.717) is 6.54 Å². The van der Waals surface area contributed by atoms with Crippen molar-refractivity contribution in [2.24, 2.45) is 5.92 Å². The van der Waals surface area contributed by atoms with Crippen LogP contribution in [0.15, 0.2) is 43.0 Å². The number of anilines is 1. The molecule has 0 radical (unpaired) electrons. The first-order chi connectivity index (χ1) is 11.7. The molecule has 3 heterocycles. The Morgan fingerprint density at radius 1 is 1.12 bits per heavy atom. The Labute approximate surface area is 139 Å². The first-order valence-electron chi connectivity index (χ1n) is 7.76. The zero-order valence-corrected chi connectivity index (χ0v) is 13.1. The molecule has 124 valence electrons. The molecule has 0 unspecified atom stereocenters. The molecule has 1 saturated heterocycles. The van der Waals surface area contributed by atoms with Crippen LogP contribution in [0.25, 0.3) is 0 Å². The molecule has 0 bridgehead atoms. The Morgan fingerprint density at radius 2 is 2.04 bits per heavy atom. The van der Waals surface area contributed by atoms with Gasteiger partial charge in [0.25, 0.3) is 5.91 Å². The van der Waals surface area contributed by atoms with Crippen molar-refractivity contribution in [1.29, 1.82) is 0 Å². The van der Waals surface area contributed by atoms with Gasteiger partial charge < -0.3 is 4.90 Å². The van der Waals surface area contributed by atoms with E-state index < -0.39 is 5.91 Å². The standard InChI is InChI=1S/C16H18N6O2/c23-15(20-21-16(24)13-5-1-2-6-18-13)12-4-3-9-22(11-12)14-10-17-7-8-19-14/h1-2,5-8,10,12H,3-4,9,11H2,(H,20,23)(H,21,24)/t12-/m1/s1. The molecule has 2 N–H and O–H groups in total. The van der Waals surface area contributed by atoms with Crippen molar-refractivity contribution in [2.45, 2.75) is 12.8 Å². The van der Waals surface area contributed by atoms with E-state index in [1.165, 1.54) is 6.20 Å². The van der Waals surface area contributed by atoms with Crippen molar-refractivity contribution in [2.75, 3.05) is 18.0 Å². The van der Waals surface area contributed by atoms with Gasteiger partial charge >= 0.3 is 0 Å². The van der Waals surface area contributed by atoms with Gasteiger partial charge in [0.05, 0.1) is 12.1 Å². The Bertz CT molecular complexity index is 694. The molecule has 3 rings (SSSR count). The molecule has 0 saturated carbocycles. The van der Waals surface area contributed by atoms with E-state index in [4.69, 9.17) is 0 Å². The minimum absolute atomic E-state index is 0.215. The summed E-state index contributed by atoms with van der Waals surface area (Å²) >= 11 is 0. The van der Waals surface area contributed by atoms with Crippen LogP contribution in [-0.4, -0.2) is 39.9 Å². The van der Waals surface area contributed by atoms with Gasteiger partial charge in [0.15, 0.2) is 0 Å². The Morgan fingerprint density at radius 3 is 2.79 bits per heavy atom. The normalized spacial score (nSPS) is 17.2. The molecule has 2 amide bonds. The molecule has 0 aromatic carbocycles. The summed E-state index contributed by atoms with van der Waals surface area (Å²) in [5.41, 5.74) is 5.14. The monoisotopic (exact) mass is 326 g/mol. The molecule has 1 aliphatic heterocycles. The van der Waals surface area contributed by atoms with Crippen molar-refractivity contribution in [1.82, 2.24) is 25.8 Å². The summed E-state index contributed by atoms with van der Waals surface area (Å²) in [7, 11) is 0. The lowest BCUT2D eigenvalue weighted by Gasteiger charge is -2.32. The van der Waals surface area contributed by atoms with Crippen LogP contribution < -0.4 is 15.8 Å². The van der Waals surface area contributed by atoms with E-state index in [-0.39, 0.29) is 17.5 Å². The highest BCUT2D eigenvalue weighted by Crippen LogP contribution is 2.20. The molecule has 8 heteroatoms. The minimum atomic E-state index is -0.439. The summed E-state index contributed by atoms with van der Waals surface area (Å²) in [5.74, 6) is -0.115. The highest BCUT2D eigenvalue weighted by Gasteiger charge is 2.27. The number of amides is 2. The molecule has 8 nitrogen and oxygen atoms in total. The lowest BCUT2D eigenvalue weighted by atomic mass is 9.97. The molecule has 1 aliphatic rings. The van der Waals surface area contributed by atoms with E-state index in [1.54, 1.807) is 36.8 Å². The van der Waals surface area contributed by atoms with Crippen LogP contribution in [0.2, 0.25) is 0 Å². The third-order valence-electron chi connectivity index (χ3n) is 3.86. The zero-order chi connectivity index (χ0) is 16.8. The van der Waals surface area contributed by atoms with Crippen LogP contribution in [0.3, 0.4) is 0 Å². The van der Waals surface area contributed by atoms with E-state index in [2.05, 4.69) is 25.8 Å². The molecule has 2 aromatic heterocycles. The highest BCUT2D eigenvalue weighted by atomic mass is 16.2. The number of carbonyl (C=O) groups excluding carboxylic acids is 2. The quantitative estimate of drug-likeness (QED) is 0.799. The summed E-state index contributed by atoms with van der Waals surface area (Å²) < 4.78 is 0. The second kappa shape index (κ2) is 7.49. The Kier molecular flexibility index (Phi) is 4.95. The SMILES string of the molecule is O=C(NNC(=O)[C@@H]1CCCN(c2cnccn2)C1)c1ccccn1. The third kappa shape index (κ3) is 3.83. The van der Waals surface area contributed by atoms with E-state index >= 15 is 0 Å². The molecular formula is C16H18N6O2. The second-order valence-corrected chi connectivity index (χ2v) is 5.51. The van der Waals surface area contributed by atoms with E-state index in [1.807, 2.05) is 4.90 Å². The Hall–Kier alpha value is -3.03. The number of pyridine rings is 1. The summed E-state index contributed by atoms with van der Waals surface area (Å²) in [6, 6.07) is 5.01. The average molecular weight is 326 g/mol. The predicted molar refractivity (Wildman–Crippen MR) is 86.8 cm³/mol. The average Bonchev–Trinajstić information content (AvgIpc) is 2.67.